The van der Waals surface area contributed by atoms with Crippen LogP contribution in [0.3, 0.4) is 0 Å². The van der Waals surface area contributed by atoms with E-state index in [9.17, 15) is 19.4 Å². The van der Waals surface area contributed by atoms with Crippen molar-refractivity contribution in [2.24, 2.45) is 0 Å². The minimum Gasteiger partial charge on any atom is -0.506 e. The Morgan fingerprint density at radius 2 is 1.81 bits per heavy atom. The predicted molar refractivity (Wildman–Crippen MR) is 106 cm³/mol. The fraction of sp³-hybridized carbons (Fsp3) is 0.250. The molecule has 0 fully saturated rings. The molecule has 1 heterocycles. The maximum atomic E-state index is 12.9. The van der Waals surface area contributed by atoms with Gasteiger partial charge in [0.2, 0.25) is 5.56 Å². The standard InChI is InChI=1S/C20H21FN2O3.ClH/c21-14-5-3-13(4-6-14)2-1-11-22-12-18(25)15-7-9-17(24)20-16(15)8-10-19(26)23-20;/h3-10,18,22,24-25H,1-2,11-12H2,(H,23,26);1H. The third kappa shape index (κ3) is 5.29. The molecular weight excluding hydrogens is 371 g/mol. The largest absolute Gasteiger partial charge is 0.506 e. The quantitative estimate of drug-likeness (QED) is 0.465. The highest BCUT2D eigenvalue weighted by atomic mass is 35.5. The van der Waals surface area contributed by atoms with E-state index in [0.717, 1.165) is 18.4 Å². The lowest BCUT2D eigenvalue weighted by molar-refractivity contribution is 0.176. The molecule has 5 nitrogen and oxygen atoms in total. The van der Waals surface area contributed by atoms with Crippen molar-refractivity contribution >= 4 is 23.3 Å². The van der Waals surface area contributed by atoms with E-state index in [-0.39, 0.29) is 29.5 Å². The molecule has 2 aromatic carbocycles. The Balaban J connectivity index is 0.00000261. The summed E-state index contributed by atoms with van der Waals surface area (Å²) in [4.78, 5) is 14.0. The summed E-state index contributed by atoms with van der Waals surface area (Å²) < 4.78 is 12.9. The third-order valence-corrected chi connectivity index (χ3v) is 4.34. The lowest BCUT2D eigenvalue weighted by atomic mass is 10.0. The molecule has 0 bridgehead atoms. The van der Waals surface area contributed by atoms with E-state index in [4.69, 9.17) is 0 Å². The van der Waals surface area contributed by atoms with Crippen LogP contribution in [0, 0.1) is 5.82 Å². The lowest BCUT2D eigenvalue weighted by Crippen LogP contribution is -2.23. The van der Waals surface area contributed by atoms with Crippen molar-refractivity contribution in [2.75, 3.05) is 13.1 Å². The Morgan fingerprint density at radius 3 is 2.56 bits per heavy atom. The summed E-state index contributed by atoms with van der Waals surface area (Å²) >= 11 is 0. The molecule has 1 atom stereocenters. The van der Waals surface area contributed by atoms with Crippen LogP contribution in [0.1, 0.15) is 23.7 Å². The molecule has 7 heteroatoms. The summed E-state index contributed by atoms with van der Waals surface area (Å²) in [7, 11) is 0. The van der Waals surface area contributed by atoms with Crippen molar-refractivity contribution in [3.63, 3.8) is 0 Å². The summed E-state index contributed by atoms with van der Waals surface area (Å²) in [6.45, 7) is 1.06. The van der Waals surface area contributed by atoms with Crippen molar-refractivity contribution in [1.82, 2.24) is 10.3 Å². The zero-order chi connectivity index (χ0) is 18.5. The van der Waals surface area contributed by atoms with Crippen LogP contribution in [0.25, 0.3) is 10.9 Å². The number of pyridine rings is 1. The Hall–Kier alpha value is -2.41. The molecule has 0 saturated carbocycles. The van der Waals surface area contributed by atoms with Gasteiger partial charge in [-0.15, -0.1) is 12.4 Å². The maximum absolute atomic E-state index is 12.9. The smallest absolute Gasteiger partial charge is 0.248 e. The average Bonchev–Trinajstić information content (AvgIpc) is 2.63. The maximum Gasteiger partial charge on any atom is 0.248 e. The van der Waals surface area contributed by atoms with E-state index in [2.05, 4.69) is 10.3 Å². The van der Waals surface area contributed by atoms with Crippen LogP contribution in [0.5, 0.6) is 5.75 Å². The number of phenolic OH excluding ortho intramolecular Hbond substituents is 1. The number of aromatic amines is 1. The van der Waals surface area contributed by atoms with Crippen molar-refractivity contribution in [3.05, 3.63) is 75.8 Å². The van der Waals surface area contributed by atoms with Gasteiger partial charge in [0.05, 0.1) is 11.6 Å². The first-order valence-corrected chi connectivity index (χ1v) is 8.53. The SMILES string of the molecule is Cl.O=c1ccc2c(C(O)CNCCCc3ccc(F)cc3)ccc(O)c2[nH]1. The molecule has 0 amide bonds. The van der Waals surface area contributed by atoms with Crippen molar-refractivity contribution in [2.45, 2.75) is 18.9 Å². The number of hydrogen-bond acceptors (Lipinski definition) is 4. The molecule has 0 aliphatic heterocycles. The number of aromatic hydroxyl groups is 1. The monoisotopic (exact) mass is 392 g/mol. The number of phenols is 1. The molecule has 0 saturated heterocycles. The van der Waals surface area contributed by atoms with Gasteiger partial charge in [0, 0.05) is 18.0 Å². The summed E-state index contributed by atoms with van der Waals surface area (Å²) in [5.41, 5.74) is 1.73. The van der Waals surface area contributed by atoms with Gasteiger partial charge < -0.3 is 20.5 Å². The third-order valence-electron chi connectivity index (χ3n) is 4.34. The number of aromatic nitrogens is 1. The first-order chi connectivity index (χ1) is 12.5. The van der Waals surface area contributed by atoms with E-state index < -0.39 is 6.10 Å². The van der Waals surface area contributed by atoms with Crippen LogP contribution in [0.15, 0.2) is 53.3 Å². The van der Waals surface area contributed by atoms with Gasteiger partial charge in [0.15, 0.2) is 0 Å². The van der Waals surface area contributed by atoms with Gasteiger partial charge in [0.25, 0.3) is 0 Å². The van der Waals surface area contributed by atoms with Crippen LogP contribution in [-0.2, 0) is 6.42 Å². The first kappa shape index (κ1) is 20.9. The number of halogens is 2. The van der Waals surface area contributed by atoms with Gasteiger partial charge in [-0.3, -0.25) is 4.79 Å². The molecule has 0 radical (unpaired) electrons. The van der Waals surface area contributed by atoms with E-state index >= 15 is 0 Å². The van der Waals surface area contributed by atoms with Crippen molar-refractivity contribution < 1.29 is 14.6 Å². The molecule has 1 unspecified atom stereocenters. The summed E-state index contributed by atoms with van der Waals surface area (Å²) in [6, 6.07) is 12.5. The second-order valence-electron chi connectivity index (χ2n) is 6.24. The molecule has 4 N–H and O–H groups in total. The zero-order valence-electron chi connectivity index (χ0n) is 14.6. The Bertz CT molecular complexity index is 944. The van der Waals surface area contributed by atoms with E-state index in [1.807, 2.05) is 0 Å². The number of aliphatic hydroxyl groups is 1. The molecule has 27 heavy (non-hydrogen) atoms. The Kier molecular flexibility index (Phi) is 7.36. The number of fused-ring (bicyclic) bond motifs is 1. The fourth-order valence-corrected chi connectivity index (χ4v) is 2.97. The molecular formula is C20H22ClFN2O3. The Labute approximate surface area is 162 Å². The van der Waals surface area contributed by atoms with Crippen molar-refractivity contribution in [3.8, 4) is 5.75 Å². The van der Waals surface area contributed by atoms with Crippen LogP contribution in [0.4, 0.5) is 4.39 Å². The first-order valence-electron chi connectivity index (χ1n) is 8.53. The van der Waals surface area contributed by atoms with Crippen molar-refractivity contribution in [1.29, 1.82) is 0 Å². The Morgan fingerprint density at radius 1 is 1.07 bits per heavy atom. The average molecular weight is 393 g/mol. The molecule has 1 aromatic heterocycles. The summed E-state index contributed by atoms with van der Waals surface area (Å²) in [5, 5.41) is 24.1. The van der Waals surface area contributed by atoms with Gasteiger partial charge in [-0.25, -0.2) is 4.39 Å². The fourth-order valence-electron chi connectivity index (χ4n) is 2.97. The summed E-state index contributed by atoms with van der Waals surface area (Å²) in [5.74, 6) is -0.265. The molecule has 144 valence electrons. The van der Waals surface area contributed by atoms with Gasteiger partial charge in [-0.2, -0.15) is 0 Å². The molecule has 0 aliphatic rings. The minimum absolute atomic E-state index is 0. The lowest BCUT2D eigenvalue weighted by Gasteiger charge is -2.15. The number of H-pyrrole nitrogens is 1. The number of rotatable bonds is 7. The normalized spacial score (nSPS) is 11.9. The summed E-state index contributed by atoms with van der Waals surface area (Å²) in [6.07, 6.45) is 0.921. The molecule has 3 aromatic rings. The van der Waals surface area contributed by atoms with Crippen LogP contribution in [-0.4, -0.2) is 28.3 Å². The zero-order valence-corrected chi connectivity index (χ0v) is 15.4. The van der Waals surface area contributed by atoms with Gasteiger partial charge >= 0.3 is 0 Å². The molecule has 3 rings (SSSR count). The topological polar surface area (TPSA) is 85.3 Å². The highest BCUT2D eigenvalue weighted by molar-refractivity contribution is 5.87. The number of nitrogens with one attached hydrogen (secondary N) is 2. The number of aliphatic hydroxyl groups excluding tert-OH is 1. The van der Waals surface area contributed by atoms with Gasteiger partial charge in [-0.1, -0.05) is 18.2 Å². The highest BCUT2D eigenvalue weighted by Gasteiger charge is 2.13. The van der Waals surface area contributed by atoms with E-state index in [0.29, 0.717) is 29.6 Å². The molecule has 0 spiro atoms. The van der Waals surface area contributed by atoms with Crippen LogP contribution < -0.4 is 10.9 Å². The number of hydrogen-bond donors (Lipinski definition) is 4. The number of aryl methyl sites for hydroxylation is 1. The van der Waals surface area contributed by atoms with E-state index in [1.165, 1.54) is 24.3 Å². The molecule has 0 aliphatic carbocycles. The van der Waals surface area contributed by atoms with Crippen LogP contribution >= 0.6 is 12.4 Å². The van der Waals surface area contributed by atoms with Gasteiger partial charge in [-0.05, 0) is 54.8 Å². The van der Waals surface area contributed by atoms with E-state index in [1.54, 1.807) is 24.3 Å². The predicted octanol–water partition coefficient (Wildman–Crippen LogP) is 3.05. The number of benzene rings is 2. The second kappa shape index (κ2) is 9.50. The minimum atomic E-state index is -0.769. The highest BCUT2D eigenvalue weighted by Crippen LogP contribution is 2.28. The van der Waals surface area contributed by atoms with Gasteiger partial charge in [0.1, 0.15) is 11.6 Å². The second-order valence-corrected chi connectivity index (χ2v) is 6.24. The van der Waals surface area contributed by atoms with Crippen LogP contribution in [0.2, 0.25) is 0 Å².